The molecule has 0 aliphatic heterocycles. The lowest BCUT2D eigenvalue weighted by Crippen LogP contribution is -2.35. The highest BCUT2D eigenvalue weighted by atomic mass is 32.2. The number of amides is 1. The number of sulfonamides is 1. The van der Waals surface area contributed by atoms with Crippen LogP contribution in [-0.4, -0.2) is 31.8 Å². The molecule has 1 aromatic heterocycles. The number of nitrogens with one attached hydrogen (secondary N) is 1. The topological polar surface area (TPSA) is 66.5 Å². The van der Waals surface area contributed by atoms with Gasteiger partial charge in [-0.05, 0) is 35.9 Å². The quantitative estimate of drug-likeness (QED) is 0.715. The zero-order valence-electron chi connectivity index (χ0n) is 14.4. The summed E-state index contributed by atoms with van der Waals surface area (Å²) in [5.41, 5.74) is 0.810. The molecule has 0 radical (unpaired) electrons. The largest absolute Gasteiger partial charge is 0.335 e. The van der Waals surface area contributed by atoms with Crippen LogP contribution in [0.15, 0.2) is 53.3 Å². The van der Waals surface area contributed by atoms with Gasteiger partial charge < -0.3 is 4.90 Å². The SMILES string of the molecule is O=C(CCNS(=O)(=O)/C=C/c1ccccc1)N(Cc1cccs1)C1CC1. The first kappa shape index (κ1) is 18.8. The number of thiophene rings is 1. The second kappa shape index (κ2) is 8.62. The zero-order valence-corrected chi connectivity index (χ0v) is 16.0. The first-order valence-electron chi connectivity index (χ1n) is 8.58. The van der Waals surface area contributed by atoms with E-state index < -0.39 is 10.0 Å². The van der Waals surface area contributed by atoms with Crippen molar-refractivity contribution in [2.24, 2.45) is 0 Å². The van der Waals surface area contributed by atoms with E-state index in [2.05, 4.69) is 4.72 Å². The monoisotopic (exact) mass is 390 g/mol. The predicted molar refractivity (Wildman–Crippen MR) is 105 cm³/mol. The number of rotatable bonds is 9. The van der Waals surface area contributed by atoms with Crippen LogP contribution in [0.4, 0.5) is 0 Å². The van der Waals surface area contributed by atoms with Gasteiger partial charge >= 0.3 is 0 Å². The number of nitrogens with zero attached hydrogens (tertiary/aromatic N) is 1. The van der Waals surface area contributed by atoms with E-state index in [1.807, 2.05) is 52.7 Å². The Morgan fingerprint density at radius 1 is 1.19 bits per heavy atom. The summed E-state index contributed by atoms with van der Waals surface area (Å²) in [6.45, 7) is 0.718. The molecule has 1 N–H and O–H groups in total. The molecule has 1 aliphatic rings. The Bertz CT molecular complexity index is 842. The summed E-state index contributed by atoms with van der Waals surface area (Å²) < 4.78 is 26.5. The second-order valence-corrected chi connectivity index (χ2v) is 8.92. The normalized spacial score (nSPS) is 14.6. The molecule has 26 heavy (non-hydrogen) atoms. The molecule has 0 unspecified atom stereocenters. The highest BCUT2D eigenvalue weighted by molar-refractivity contribution is 7.92. The van der Waals surface area contributed by atoms with Crippen LogP contribution in [0.25, 0.3) is 6.08 Å². The predicted octanol–water partition coefficient (Wildman–Crippen LogP) is 3.22. The van der Waals surface area contributed by atoms with Gasteiger partial charge in [-0.1, -0.05) is 36.4 Å². The molecule has 1 saturated carbocycles. The van der Waals surface area contributed by atoms with Gasteiger partial charge in [-0.25, -0.2) is 13.1 Å². The molecule has 0 bridgehead atoms. The van der Waals surface area contributed by atoms with Gasteiger partial charge in [0.2, 0.25) is 15.9 Å². The maximum Gasteiger partial charge on any atom is 0.233 e. The van der Waals surface area contributed by atoms with Crippen LogP contribution in [0.5, 0.6) is 0 Å². The fourth-order valence-electron chi connectivity index (χ4n) is 2.60. The van der Waals surface area contributed by atoms with Gasteiger partial charge in [0, 0.05) is 29.3 Å². The summed E-state index contributed by atoms with van der Waals surface area (Å²) in [5, 5.41) is 3.13. The number of hydrogen-bond donors (Lipinski definition) is 1. The lowest BCUT2D eigenvalue weighted by atomic mass is 10.2. The van der Waals surface area contributed by atoms with Crippen LogP contribution in [-0.2, 0) is 21.4 Å². The lowest BCUT2D eigenvalue weighted by Gasteiger charge is -2.21. The average Bonchev–Trinajstić information content (AvgIpc) is 3.34. The standard InChI is InChI=1S/C19H22N2O3S2/c22-19(21(17-8-9-17)15-18-7-4-13-25-18)10-12-20-26(23,24)14-11-16-5-2-1-3-6-16/h1-7,11,13-14,17,20H,8-10,12,15H2/b14-11+. The molecule has 1 fully saturated rings. The molecule has 2 aromatic rings. The van der Waals surface area contributed by atoms with Gasteiger partial charge in [0.15, 0.2) is 0 Å². The smallest absolute Gasteiger partial charge is 0.233 e. The van der Waals surface area contributed by atoms with Crippen molar-refractivity contribution in [3.63, 3.8) is 0 Å². The minimum atomic E-state index is -3.55. The van der Waals surface area contributed by atoms with E-state index in [0.717, 1.165) is 28.7 Å². The summed E-state index contributed by atoms with van der Waals surface area (Å²) in [6, 6.07) is 13.5. The number of carbonyl (C=O) groups is 1. The van der Waals surface area contributed by atoms with Gasteiger partial charge in [-0.3, -0.25) is 4.79 Å². The van der Waals surface area contributed by atoms with Crippen molar-refractivity contribution in [3.8, 4) is 0 Å². The second-order valence-electron chi connectivity index (χ2n) is 6.23. The van der Waals surface area contributed by atoms with Gasteiger partial charge in [0.1, 0.15) is 0 Å². The fourth-order valence-corrected chi connectivity index (χ4v) is 4.12. The molecule has 0 spiro atoms. The molecular formula is C19H22N2O3S2. The van der Waals surface area contributed by atoms with Crippen LogP contribution < -0.4 is 4.72 Å². The van der Waals surface area contributed by atoms with Crippen LogP contribution >= 0.6 is 11.3 Å². The van der Waals surface area contributed by atoms with E-state index in [1.165, 1.54) is 6.08 Å². The molecule has 5 nitrogen and oxygen atoms in total. The van der Waals surface area contributed by atoms with Gasteiger partial charge in [-0.2, -0.15) is 0 Å². The first-order chi connectivity index (χ1) is 12.5. The third-order valence-corrected chi connectivity index (χ3v) is 6.06. The number of benzene rings is 1. The van der Waals surface area contributed by atoms with E-state index in [1.54, 1.807) is 11.3 Å². The summed E-state index contributed by atoms with van der Waals surface area (Å²) in [6.07, 6.45) is 3.77. The van der Waals surface area contributed by atoms with Gasteiger partial charge in [0.25, 0.3) is 0 Å². The molecular weight excluding hydrogens is 368 g/mol. The van der Waals surface area contributed by atoms with Crippen LogP contribution in [0.1, 0.15) is 29.7 Å². The molecule has 0 atom stereocenters. The summed E-state index contributed by atoms with van der Waals surface area (Å²) in [7, 11) is -3.55. The minimum Gasteiger partial charge on any atom is -0.335 e. The molecule has 3 rings (SSSR count). The molecule has 0 saturated heterocycles. The van der Waals surface area contributed by atoms with E-state index in [4.69, 9.17) is 0 Å². The van der Waals surface area contributed by atoms with Crippen LogP contribution in [0.2, 0.25) is 0 Å². The van der Waals surface area contributed by atoms with E-state index >= 15 is 0 Å². The summed E-state index contributed by atoms with van der Waals surface area (Å²) in [4.78, 5) is 15.5. The Hall–Kier alpha value is -1.96. The first-order valence-corrected chi connectivity index (χ1v) is 11.0. The van der Waals surface area contributed by atoms with Crippen molar-refractivity contribution in [1.82, 2.24) is 9.62 Å². The maximum absolute atomic E-state index is 12.5. The minimum absolute atomic E-state index is 0.00404. The van der Waals surface area contributed by atoms with Crippen molar-refractivity contribution < 1.29 is 13.2 Å². The van der Waals surface area contributed by atoms with Gasteiger partial charge in [-0.15, -0.1) is 11.3 Å². The zero-order chi connectivity index (χ0) is 18.4. The highest BCUT2D eigenvalue weighted by Crippen LogP contribution is 2.29. The van der Waals surface area contributed by atoms with Crippen molar-refractivity contribution in [1.29, 1.82) is 0 Å². The van der Waals surface area contributed by atoms with Crippen molar-refractivity contribution in [3.05, 3.63) is 63.7 Å². The molecule has 1 aromatic carbocycles. The highest BCUT2D eigenvalue weighted by Gasteiger charge is 2.32. The summed E-state index contributed by atoms with van der Waals surface area (Å²) >= 11 is 1.63. The fraction of sp³-hybridized carbons (Fsp3) is 0.316. The molecule has 1 aliphatic carbocycles. The van der Waals surface area contributed by atoms with Crippen molar-refractivity contribution in [2.45, 2.75) is 31.8 Å². The average molecular weight is 391 g/mol. The Morgan fingerprint density at radius 2 is 1.96 bits per heavy atom. The van der Waals surface area contributed by atoms with Crippen LogP contribution in [0, 0.1) is 0 Å². The lowest BCUT2D eigenvalue weighted by molar-refractivity contribution is -0.132. The third kappa shape index (κ3) is 5.79. The molecule has 138 valence electrons. The number of carbonyl (C=O) groups excluding carboxylic acids is 1. The van der Waals surface area contributed by atoms with Crippen molar-refractivity contribution >= 4 is 33.3 Å². The molecule has 7 heteroatoms. The van der Waals surface area contributed by atoms with E-state index in [9.17, 15) is 13.2 Å². The maximum atomic E-state index is 12.5. The Morgan fingerprint density at radius 3 is 2.62 bits per heavy atom. The summed E-state index contributed by atoms with van der Waals surface area (Å²) in [5.74, 6) is -0.00404. The number of hydrogen-bond acceptors (Lipinski definition) is 4. The molecule has 1 amide bonds. The van der Waals surface area contributed by atoms with Crippen LogP contribution in [0.3, 0.4) is 0 Å². The van der Waals surface area contributed by atoms with Gasteiger partial charge in [0.05, 0.1) is 6.54 Å². The van der Waals surface area contributed by atoms with E-state index in [-0.39, 0.29) is 18.9 Å². The van der Waals surface area contributed by atoms with E-state index in [0.29, 0.717) is 12.6 Å². The molecule has 1 heterocycles. The Balaban J connectivity index is 1.49. The third-order valence-electron chi connectivity index (χ3n) is 4.10. The Kier molecular flexibility index (Phi) is 6.24. The Labute approximate surface area is 158 Å². The van der Waals surface area contributed by atoms with Crippen molar-refractivity contribution in [2.75, 3.05) is 6.54 Å².